The lowest BCUT2D eigenvalue weighted by Gasteiger charge is -2.00. The molecule has 0 fully saturated rings. The minimum absolute atomic E-state index is 0.557. The molecule has 3 rings (SSSR count). The van der Waals surface area contributed by atoms with E-state index < -0.39 is 0 Å². The molecule has 0 aliphatic rings. The van der Waals surface area contributed by atoms with Crippen molar-refractivity contribution in [1.29, 1.82) is 0 Å². The fourth-order valence-corrected chi connectivity index (χ4v) is 2.63. The van der Waals surface area contributed by atoms with Gasteiger partial charge in [0.2, 0.25) is 11.0 Å². The first-order valence-electron chi connectivity index (χ1n) is 6.21. The highest BCUT2D eigenvalue weighted by Crippen LogP contribution is 2.21. The number of fused-ring (bicyclic) bond motifs is 1. The molecule has 0 spiro atoms. The maximum atomic E-state index is 5.14. The molecule has 2 heterocycles. The van der Waals surface area contributed by atoms with E-state index in [2.05, 4.69) is 27.2 Å². The summed E-state index contributed by atoms with van der Waals surface area (Å²) in [6, 6.07) is 12.1. The molecule has 0 amide bonds. The topological polar surface area (TPSA) is 52.3 Å². The first kappa shape index (κ1) is 12.9. The Kier molecular flexibility index (Phi) is 3.56. The molecule has 20 heavy (non-hydrogen) atoms. The molecule has 3 aromatic rings. The molecule has 0 unspecified atom stereocenters. The van der Waals surface area contributed by atoms with Gasteiger partial charge in [-0.25, -0.2) is 4.52 Å². The van der Waals surface area contributed by atoms with Crippen LogP contribution in [0.4, 0.5) is 0 Å². The summed E-state index contributed by atoms with van der Waals surface area (Å²) >= 11 is 1.60. The zero-order valence-corrected chi connectivity index (χ0v) is 12.1. The van der Waals surface area contributed by atoms with E-state index in [1.807, 2.05) is 31.2 Å². The van der Waals surface area contributed by atoms with Crippen LogP contribution in [0, 0.1) is 6.92 Å². The van der Waals surface area contributed by atoms with Crippen molar-refractivity contribution in [2.24, 2.45) is 0 Å². The zero-order valence-electron chi connectivity index (χ0n) is 11.3. The van der Waals surface area contributed by atoms with Crippen LogP contribution in [-0.4, -0.2) is 26.7 Å². The van der Waals surface area contributed by atoms with Gasteiger partial charge in [-0.15, -0.1) is 5.10 Å². The second kappa shape index (κ2) is 5.50. The Balaban J connectivity index is 1.84. The van der Waals surface area contributed by atoms with Crippen LogP contribution in [0.5, 0.6) is 5.88 Å². The Morgan fingerprint density at radius 3 is 2.75 bits per heavy atom. The molecule has 2 aromatic heterocycles. The van der Waals surface area contributed by atoms with Crippen LogP contribution in [0.15, 0.2) is 41.6 Å². The molecule has 0 saturated carbocycles. The number of thioether (sulfide) groups is 1. The van der Waals surface area contributed by atoms with Crippen LogP contribution in [0.25, 0.3) is 5.78 Å². The molecule has 102 valence electrons. The number of nitrogens with zero attached hydrogens (tertiary/aromatic N) is 4. The van der Waals surface area contributed by atoms with E-state index in [9.17, 15) is 0 Å². The maximum Gasteiger partial charge on any atom is 0.256 e. The minimum atomic E-state index is 0.557. The number of hydrogen-bond acceptors (Lipinski definition) is 5. The molecule has 0 aliphatic heterocycles. The van der Waals surface area contributed by atoms with E-state index in [-0.39, 0.29) is 0 Å². The highest BCUT2D eigenvalue weighted by molar-refractivity contribution is 7.98. The van der Waals surface area contributed by atoms with Crippen LogP contribution in [-0.2, 0) is 5.75 Å². The van der Waals surface area contributed by atoms with Crippen molar-refractivity contribution in [2.45, 2.75) is 17.8 Å². The van der Waals surface area contributed by atoms with Crippen molar-refractivity contribution >= 4 is 17.5 Å². The molecule has 5 nitrogen and oxygen atoms in total. The van der Waals surface area contributed by atoms with Gasteiger partial charge in [0, 0.05) is 17.5 Å². The highest BCUT2D eigenvalue weighted by Gasteiger charge is 2.09. The molecule has 0 atom stereocenters. The van der Waals surface area contributed by atoms with Gasteiger partial charge in [-0.05, 0) is 12.5 Å². The van der Waals surface area contributed by atoms with Crippen molar-refractivity contribution in [1.82, 2.24) is 19.6 Å². The predicted molar refractivity (Wildman–Crippen MR) is 78.1 cm³/mol. The van der Waals surface area contributed by atoms with Crippen molar-refractivity contribution in [3.05, 3.63) is 47.7 Å². The highest BCUT2D eigenvalue weighted by atomic mass is 32.2. The van der Waals surface area contributed by atoms with E-state index in [4.69, 9.17) is 4.74 Å². The lowest BCUT2D eigenvalue weighted by atomic mass is 10.2. The molecule has 6 heteroatoms. The first-order chi connectivity index (χ1) is 9.76. The number of hydrogen-bond donors (Lipinski definition) is 0. The molecule has 0 aliphatic carbocycles. The first-order valence-corrected chi connectivity index (χ1v) is 7.20. The SMILES string of the molecule is COc1cc(C)n2nc(SCc3ccccc3)nc2n1. The summed E-state index contributed by atoms with van der Waals surface area (Å²) < 4.78 is 6.87. The average Bonchev–Trinajstić information content (AvgIpc) is 2.89. The number of methoxy groups -OCH3 is 1. The third-order valence-electron chi connectivity index (χ3n) is 2.87. The number of aromatic nitrogens is 4. The Bertz CT molecular complexity index is 727. The summed E-state index contributed by atoms with van der Waals surface area (Å²) in [5.41, 5.74) is 2.20. The van der Waals surface area contributed by atoms with Gasteiger partial charge < -0.3 is 4.74 Å². The molecular weight excluding hydrogens is 272 g/mol. The Morgan fingerprint density at radius 2 is 2.00 bits per heavy atom. The molecule has 0 N–H and O–H groups in total. The third-order valence-corrected chi connectivity index (χ3v) is 3.78. The van der Waals surface area contributed by atoms with Crippen LogP contribution in [0.1, 0.15) is 11.3 Å². The van der Waals surface area contributed by atoms with E-state index in [1.54, 1.807) is 23.4 Å². The van der Waals surface area contributed by atoms with E-state index in [0.717, 1.165) is 16.6 Å². The summed E-state index contributed by atoms with van der Waals surface area (Å²) in [7, 11) is 1.60. The molecule has 0 bridgehead atoms. The van der Waals surface area contributed by atoms with Gasteiger partial charge in [-0.2, -0.15) is 9.97 Å². The minimum Gasteiger partial charge on any atom is -0.481 e. The summed E-state index contributed by atoms with van der Waals surface area (Å²) in [5, 5.41) is 5.17. The van der Waals surface area contributed by atoms with Crippen molar-refractivity contribution in [3.63, 3.8) is 0 Å². The Labute approximate surface area is 121 Å². The Morgan fingerprint density at radius 1 is 1.20 bits per heavy atom. The Hall–Kier alpha value is -2.08. The smallest absolute Gasteiger partial charge is 0.256 e. The van der Waals surface area contributed by atoms with Gasteiger partial charge in [0.25, 0.3) is 5.78 Å². The summed E-state index contributed by atoms with van der Waals surface area (Å²) in [6.45, 7) is 1.96. The van der Waals surface area contributed by atoms with Gasteiger partial charge in [-0.1, -0.05) is 42.1 Å². The standard InChI is InChI=1S/C14H14N4OS/c1-10-8-12(19-2)15-13-16-14(17-18(10)13)20-9-11-6-4-3-5-7-11/h3-8H,9H2,1-2H3. The fourth-order valence-electron chi connectivity index (χ4n) is 1.85. The van der Waals surface area contributed by atoms with E-state index in [1.165, 1.54) is 5.56 Å². The largest absolute Gasteiger partial charge is 0.481 e. The second-order valence-electron chi connectivity index (χ2n) is 4.32. The van der Waals surface area contributed by atoms with E-state index in [0.29, 0.717) is 11.7 Å². The number of rotatable bonds is 4. The molecular formula is C14H14N4OS. The summed E-state index contributed by atoms with van der Waals surface area (Å²) in [5.74, 6) is 1.97. The predicted octanol–water partition coefficient (Wildman–Crippen LogP) is 2.73. The molecule has 1 aromatic carbocycles. The number of ether oxygens (including phenoxy) is 1. The molecule has 0 radical (unpaired) electrons. The van der Waals surface area contributed by atoms with Crippen LogP contribution >= 0.6 is 11.8 Å². The van der Waals surface area contributed by atoms with E-state index >= 15 is 0 Å². The van der Waals surface area contributed by atoms with Gasteiger partial charge in [-0.3, -0.25) is 0 Å². The van der Waals surface area contributed by atoms with Gasteiger partial charge in [0.15, 0.2) is 0 Å². The monoisotopic (exact) mass is 286 g/mol. The van der Waals surface area contributed by atoms with Crippen molar-refractivity contribution in [3.8, 4) is 5.88 Å². The van der Waals surface area contributed by atoms with Crippen molar-refractivity contribution in [2.75, 3.05) is 7.11 Å². The molecule has 0 saturated heterocycles. The third kappa shape index (κ3) is 2.60. The van der Waals surface area contributed by atoms with Crippen LogP contribution in [0.3, 0.4) is 0 Å². The second-order valence-corrected chi connectivity index (χ2v) is 5.26. The number of benzene rings is 1. The fraction of sp³-hybridized carbons (Fsp3) is 0.214. The summed E-state index contributed by atoms with van der Waals surface area (Å²) in [6.07, 6.45) is 0. The average molecular weight is 286 g/mol. The summed E-state index contributed by atoms with van der Waals surface area (Å²) in [4.78, 5) is 8.70. The lowest BCUT2D eigenvalue weighted by molar-refractivity contribution is 0.397. The van der Waals surface area contributed by atoms with Crippen LogP contribution in [0.2, 0.25) is 0 Å². The van der Waals surface area contributed by atoms with Gasteiger partial charge in [0.05, 0.1) is 7.11 Å². The number of aryl methyl sites for hydroxylation is 1. The maximum absolute atomic E-state index is 5.14. The quantitative estimate of drug-likeness (QED) is 0.690. The van der Waals surface area contributed by atoms with Gasteiger partial charge in [0.1, 0.15) is 0 Å². The lowest BCUT2D eigenvalue weighted by Crippen LogP contribution is -1.98. The normalized spacial score (nSPS) is 10.9. The van der Waals surface area contributed by atoms with Gasteiger partial charge >= 0.3 is 0 Å². The zero-order chi connectivity index (χ0) is 13.9. The van der Waals surface area contributed by atoms with Crippen molar-refractivity contribution < 1.29 is 4.74 Å². The van der Waals surface area contributed by atoms with Crippen LogP contribution < -0.4 is 4.74 Å².